The van der Waals surface area contributed by atoms with Crippen molar-refractivity contribution in [1.82, 2.24) is 14.8 Å². The van der Waals surface area contributed by atoms with E-state index in [9.17, 15) is 23.6 Å². The molecule has 3 aromatic rings. The monoisotopic (exact) mass is 528 g/mol. The Hall–Kier alpha value is -4.41. The molecule has 0 fully saturated rings. The zero-order valence-corrected chi connectivity index (χ0v) is 20.5. The van der Waals surface area contributed by atoms with E-state index in [1.807, 2.05) is 6.07 Å². The molecule has 0 saturated heterocycles. The molecular weight excluding hydrogens is 512 g/mol. The molecule has 0 unspecified atom stereocenters. The van der Waals surface area contributed by atoms with E-state index < -0.39 is 16.0 Å². The molecular formula is C22H17ClN6O6S. The molecule has 0 amide bonds. The second-order valence-corrected chi connectivity index (χ2v) is 9.55. The normalized spacial score (nSPS) is 13.9. The van der Waals surface area contributed by atoms with Crippen molar-refractivity contribution < 1.29 is 27.8 Å². The number of carbonyl (C=O) groups is 1. The van der Waals surface area contributed by atoms with Crippen LogP contribution >= 0.6 is 11.6 Å². The summed E-state index contributed by atoms with van der Waals surface area (Å²) >= 11 is 6.06. The smallest absolute Gasteiger partial charge is 0.343 e. The standard InChI is InChI=1S/C22H17ClN6O6S/c1-34-16-9-13(8-15(23)18(16)30)25-20-14(10-24)17(22(31)35-2)21-26-19(27-29(20)21)11-4-6-12(7-5-11)28-36(3,32)33/h4-9,28,30H,1-3H3. The molecule has 0 bridgehead atoms. The summed E-state index contributed by atoms with van der Waals surface area (Å²) in [5.74, 6) is -0.848. The Morgan fingerprint density at radius 1 is 1.25 bits per heavy atom. The van der Waals surface area contributed by atoms with Gasteiger partial charge in [-0.1, -0.05) is 11.6 Å². The summed E-state index contributed by atoms with van der Waals surface area (Å²) in [5.41, 5.74) is 0.800. The molecule has 1 aliphatic rings. The average molecular weight is 529 g/mol. The molecule has 4 rings (SSSR count). The molecule has 0 aliphatic carbocycles. The number of rotatable bonds is 6. The van der Waals surface area contributed by atoms with Gasteiger partial charge in [-0.3, -0.25) is 4.72 Å². The molecule has 2 N–H and O–H groups in total. The molecule has 0 spiro atoms. The van der Waals surface area contributed by atoms with Gasteiger partial charge in [0.25, 0.3) is 0 Å². The lowest BCUT2D eigenvalue weighted by atomic mass is 10.1. The molecule has 0 atom stereocenters. The Kier molecular flexibility index (Phi) is 6.40. The number of sulfonamides is 1. The predicted molar refractivity (Wildman–Crippen MR) is 131 cm³/mol. The fourth-order valence-electron chi connectivity index (χ4n) is 3.38. The number of aromatic hydroxyl groups is 1. The van der Waals surface area contributed by atoms with Gasteiger partial charge in [0.1, 0.15) is 17.2 Å². The van der Waals surface area contributed by atoms with Crippen LogP contribution in [-0.2, 0) is 19.6 Å². The van der Waals surface area contributed by atoms with Crippen LogP contribution in [0.25, 0.3) is 17.0 Å². The topological polar surface area (TPSA) is 169 Å². The molecule has 2 heterocycles. The van der Waals surface area contributed by atoms with Crippen molar-refractivity contribution in [3.63, 3.8) is 0 Å². The minimum Gasteiger partial charge on any atom is -0.503 e. The minimum atomic E-state index is -3.45. The first-order chi connectivity index (χ1) is 17.1. The number of nitrogens with zero attached hydrogens (tertiary/aromatic N) is 5. The highest BCUT2D eigenvalue weighted by atomic mass is 35.5. The van der Waals surface area contributed by atoms with Crippen LogP contribution in [0.15, 0.2) is 47.0 Å². The number of anilines is 1. The lowest BCUT2D eigenvalue weighted by Gasteiger charge is -2.07. The highest BCUT2D eigenvalue weighted by molar-refractivity contribution is 7.92. The summed E-state index contributed by atoms with van der Waals surface area (Å²) in [6.07, 6.45) is 1.04. The third kappa shape index (κ3) is 4.59. The summed E-state index contributed by atoms with van der Waals surface area (Å²) in [6, 6.07) is 10.9. The van der Waals surface area contributed by atoms with Crippen LogP contribution in [-0.4, -0.2) is 60.6 Å². The Morgan fingerprint density at radius 2 is 1.94 bits per heavy atom. The van der Waals surface area contributed by atoms with Crippen LogP contribution in [0.5, 0.6) is 11.5 Å². The van der Waals surface area contributed by atoms with Gasteiger partial charge in [-0.15, -0.1) is 5.10 Å². The van der Waals surface area contributed by atoms with Gasteiger partial charge in [-0.05, 0) is 30.3 Å². The first-order valence-electron chi connectivity index (χ1n) is 10.0. The zero-order chi connectivity index (χ0) is 26.2. The fourth-order valence-corrected chi connectivity index (χ4v) is 4.15. The van der Waals surface area contributed by atoms with Crippen LogP contribution in [0.3, 0.4) is 0 Å². The number of hydrogen-bond donors (Lipinski definition) is 2. The average Bonchev–Trinajstić information content (AvgIpc) is 3.37. The fraction of sp³-hybridized carbons (Fsp3) is 0.136. The van der Waals surface area contributed by atoms with Gasteiger partial charge in [0, 0.05) is 17.3 Å². The predicted octanol–water partition coefficient (Wildman–Crippen LogP) is 2.73. The number of allylic oxidation sites excluding steroid dienone is 1. The Balaban J connectivity index is 1.86. The van der Waals surface area contributed by atoms with E-state index in [-0.39, 0.29) is 50.8 Å². The lowest BCUT2D eigenvalue weighted by Crippen LogP contribution is -2.11. The Bertz CT molecular complexity index is 1600. The highest BCUT2D eigenvalue weighted by Gasteiger charge is 2.37. The number of nitriles is 1. The van der Waals surface area contributed by atoms with Gasteiger partial charge in [-0.25, -0.2) is 23.2 Å². The highest BCUT2D eigenvalue weighted by Crippen LogP contribution is 2.39. The van der Waals surface area contributed by atoms with Gasteiger partial charge in [0.15, 0.2) is 29.0 Å². The van der Waals surface area contributed by atoms with Crippen molar-refractivity contribution in [1.29, 1.82) is 5.26 Å². The molecule has 1 aromatic heterocycles. The number of esters is 1. The van der Waals surface area contributed by atoms with E-state index in [4.69, 9.17) is 21.1 Å². The zero-order valence-electron chi connectivity index (χ0n) is 19.0. The molecule has 14 heteroatoms. The van der Waals surface area contributed by atoms with Gasteiger partial charge >= 0.3 is 5.97 Å². The molecule has 184 valence electrons. The lowest BCUT2D eigenvalue weighted by molar-refractivity contribution is -0.133. The third-order valence-electron chi connectivity index (χ3n) is 4.92. The van der Waals surface area contributed by atoms with E-state index in [2.05, 4.69) is 19.8 Å². The molecule has 2 aromatic carbocycles. The molecule has 1 aliphatic heterocycles. The summed E-state index contributed by atoms with van der Waals surface area (Å²) < 4.78 is 36.4. The molecule has 36 heavy (non-hydrogen) atoms. The first-order valence-corrected chi connectivity index (χ1v) is 12.3. The maximum atomic E-state index is 12.6. The van der Waals surface area contributed by atoms with E-state index in [1.54, 1.807) is 12.1 Å². The van der Waals surface area contributed by atoms with Crippen LogP contribution in [0, 0.1) is 11.3 Å². The quantitative estimate of drug-likeness (QED) is 0.456. The van der Waals surface area contributed by atoms with Crippen molar-refractivity contribution in [2.75, 3.05) is 25.2 Å². The van der Waals surface area contributed by atoms with Gasteiger partial charge in [0.2, 0.25) is 10.0 Å². The van der Waals surface area contributed by atoms with Crippen LogP contribution < -0.4 is 9.46 Å². The Morgan fingerprint density at radius 3 is 2.53 bits per heavy atom. The van der Waals surface area contributed by atoms with Crippen molar-refractivity contribution >= 4 is 50.4 Å². The van der Waals surface area contributed by atoms with Gasteiger partial charge in [0.05, 0.1) is 31.2 Å². The number of hydrogen-bond acceptors (Lipinski definition) is 10. The van der Waals surface area contributed by atoms with E-state index >= 15 is 0 Å². The molecule has 0 radical (unpaired) electrons. The first kappa shape index (κ1) is 24.7. The van der Waals surface area contributed by atoms with Crippen molar-refractivity contribution in [2.24, 2.45) is 4.99 Å². The van der Waals surface area contributed by atoms with Crippen LogP contribution in [0.4, 0.5) is 11.4 Å². The maximum Gasteiger partial charge on any atom is 0.343 e. The number of phenols is 1. The number of nitrogens with one attached hydrogen (secondary N) is 1. The number of benzene rings is 2. The Labute approximate surface area is 210 Å². The number of carbonyl (C=O) groups excluding carboxylic acids is 1. The number of ether oxygens (including phenoxy) is 2. The number of methoxy groups -OCH3 is 2. The SMILES string of the molecule is COC(=O)C1=C(C#N)C(=Nc2cc(Cl)c(O)c(OC)c2)n2nc(-c3ccc(NS(C)(=O)=O)cc3)nc21. The second-order valence-electron chi connectivity index (χ2n) is 7.39. The number of aromatic nitrogens is 3. The number of fused-ring (bicyclic) bond motifs is 1. The van der Waals surface area contributed by atoms with Crippen molar-refractivity contribution in [3.8, 4) is 29.0 Å². The molecule has 12 nitrogen and oxygen atoms in total. The largest absolute Gasteiger partial charge is 0.503 e. The van der Waals surface area contributed by atoms with Gasteiger partial charge < -0.3 is 14.6 Å². The summed E-state index contributed by atoms with van der Waals surface area (Å²) in [4.78, 5) is 21.4. The van der Waals surface area contributed by atoms with Crippen LogP contribution in [0.1, 0.15) is 5.82 Å². The summed E-state index contributed by atoms with van der Waals surface area (Å²) in [5, 5.41) is 24.2. The van der Waals surface area contributed by atoms with Gasteiger partial charge in [-0.2, -0.15) is 9.94 Å². The van der Waals surface area contributed by atoms with E-state index in [0.717, 1.165) is 6.26 Å². The van der Waals surface area contributed by atoms with Crippen molar-refractivity contribution in [3.05, 3.63) is 52.8 Å². The van der Waals surface area contributed by atoms with Crippen LogP contribution in [0.2, 0.25) is 5.02 Å². The third-order valence-corrected chi connectivity index (χ3v) is 5.82. The summed E-state index contributed by atoms with van der Waals surface area (Å²) in [6.45, 7) is 0. The minimum absolute atomic E-state index is 0.0224. The van der Waals surface area contributed by atoms with Crippen molar-refractivity contribution in [2.45, 2.75) is 0 Å². The number of aliphatic imine (C=N–C) groups is 1. The van der Waals surface area contributed by atoms with E-state index in [0.29, 0.717) is 11.3 Å². The number of phenolic OH excluding ortho intramolecular Hbond substituents is 1. The summed E-state index contributed by atoms with van der Waals surface area (Å²) in [7, 11) is -0.947. The number of halogens is 1. The second kappa shape index (κ2) is 9.33. The molecule has 0 saturated carbocycles. The van der Waals surface area contributed by atoms with E-state index in [1.165, 1.54) is 43.2 Å². The maximum absolute atomic E-state index is 12.6.